The van der Waals surface area contributed by atoms with Gasteiger partial charge in [-0.15, -0.1) is 0 Å². The van der Waals surface area contributed by atoms with Crippen LogP contribution in [-0.4, -0.2) is 31.1 Å². The molecule has 1 aromatic rings. The number of nitrogens with one attached hydrogen (secondary N) is 1. The summed E-state index contributed by atoms with van der Waals surface area (Å²) in [4.78, 5) is 2.38. The quantitative estimate of drug-likeness (QED) is 0.663. The van der Waals surface area contributed by atoms with Gasteiger partial charge in [-0.2, -0.15) is 0 Å². The molecular formula is C14H20BrN3O. The first-order valence-corrected chi connectivity index (χ1v) is 7.34. The number of halogens is 1. The second-order valence-electron chi connectivity index (χ2n) is 4.94. The molecule has 19 heavy (non-hydrogen) atoms. The van der Waals surface area contributed by atoms with Crippen molar-refractivity contribution in [3.05, 3.63) is 28.2 Å². The fourth-order valence-corrected chi connectivity index (χ4v) is 2.99. The Hall–Kier alpha value is -1.07. The molecule has 1 aliphatic rings. The van der Waals surface area contributed by atoms with Gasteiger partial charge >= 0.3 is 0 Å². The van der Waals surface area contributed by atoms with E-state index in [0.717, 1.165) is 35.3 Å². The van der Waals surface area contributed by atoms with Gasteiger partial charge in [-0.3, -0.25) is 5.41 Å². The van der Waals surface area contributed by atoms with Crippen molar-refractivity contribution in [1.29, 1.82) is 5.41 Å². The van der Waals surface area contributed by atoms with Crippen LogP contribution in [0, 0.1) is 5.41 Å². The number of benzene rings is 1. The highest BCUT2D eigenvalue weighted by molar-refractivity contribution is 9.10. The lowest BCUT2D eigenvalue weighted by molar-refractivity contribution is 0.0299. The highest BCUT2D eigenvalue weighted by Gasteiger charge is 2.27. The summed E-state index contributed by atoms with van der Waals surface area (Å²) in [5.41, 5.74) is 7.40. The van der Waals surface area contributed by atoms with Crippen LogP contribution in [0.5, 0.6) is 0 Å². The van der Waals surface area contributed by atoms with Gasteiger partial charge < -0.3 is 15.4 Å². The van der Waals surface area contributed by atoms with E-state index >= 15 is 0 Å². The third-order valence-corrected chi connectivity index (χ3v) is 4.14. The number of nitrogens with zero attached hydrogens (tertiary/aromatic N) is 1. The molecule has 2 atom stereocenters. The number of nitrogen functional groups attached to an aromatic ring is 1. The van der Waals surface area contributed by atoms with Gasteiger partial charge in [0.1, 0.15) is 5.84 Å². The van der Waals surface area contributed by atoms with E-state index in [-0.39, 0.29) is 11.9 Å². The molecule has 2 unspecified atom stereocenters. The van der Waals surface area contributed by atoms with Crippen LogP contribution in [0.3, 0.4) is 0 Å². The van der Waals surface area contributed by atoms with Crippen molar-refractivity contribution in [2.75, 3.05) is 18.1 Å². The zero-order chi connectivity index (χ0) is 14.0. The first kappa shape index (κ1) is 14.3. The number of hydrogen-bond acceptors (Lipinski definition) is 3. The molecule has 0 amide bonds. The van der Waals surface area contributed by atoms with Gasteiger partial charge in [-0.05, 0) is 47.5 Å². The van der Waals surface area contributed by atoms with Crippen LogP contribution in [0.1, 0.15) is 25.8 Å². The maximum atomic E-state index is 7.48. The van der Waals surface area contributed by atoms with E-state index in [0.29, 0.717) is 6.04 Å². The molecule has 1 fully saturated rings. The van der Waals surface area contributed by atoms with Crippen molar-refractivity contribution in [2.24, 2.45) is 5.73 Å². The van der Waals surface area contributed by atoms with Gasteiger partial charge in [0.05, 0.1) is 24.4 Å². The molecule has 0 radical (unpaired) electrons. The van der Waals surface area contributed by atoms with E-state index in [1.165, 1.54) is 0 Å². The zero-order valence-corrected chi connectivity index (χ0v) is 12.9. The first-order chi connectivity index (χ1) is 9.02. The Morgan fingerprint density at radius 3 is 2.89 bits per heavy atom. The number of ether oxygens (including phenoxy) is 1. The maximum absolute atomic E-state index is 7.48. The maximum Gasteiger partial charge on any atom is 0.122 e. The van der Waals surface area contributed by atoms with E-state index in [2.05, 4.69) is 34.7 Å². The summed E-state index contributed by atoms with van der Waals surface area (Å²) in [7, 11) is 0. The molecule has 4 nitrogen and oxygen atoms in total. The lowest BCUT2D eigenvalue weighted by Gasteiger charge is -2.40. The average Bonchev–Trinajstić information content (AvgIpc) is 2.38. The van der Waals surface area contributed by atoms with E-state index in [9.17, 15) is 0 Å². The summed E-state index contributed by atoms with van der Waals surface area (Å²) in [6, 6.07) is 6.23. The van der Waals surface area contributed by atoms with Crippen LogP contribution in [0.15, 0.2) is 22.7 Å². The largest absolute Gasteiger partial charge is 0.384 e. The predicted molar refractivity (Wildman–Crippen MR) is 82.0 cm³/mol. The minimum atomic E-state index is 0.0923. The van der Waals surface area contributed by atoms with Crippen LogP contribution in [0.25, 0.3) is 0 Å². The molecule has 1 saturated heterocycles. The summed E-state index contributed by atoms with van der Waals surface area (Å²) in [6.07, 6.45) is 1.29. The standard InChI is InChI=1S/C14H20BrN3O/c1-3-11-8-19-9(2)7-18(11)13-5-4-10(14(16)17)6-12(13)15/h4-6,9,11H,3,7-8H2,1-2H3,(H3,16,17). The Morgan fingerprint density at radius 2 is 2.32 bits per heavy atom. The zero-order valence-electron chi connectivity index (χ0n) is 11.3. The number of morpholine rings is 1. The fourth-order valence-electron chi connectivity index (χ4n) is 2.38. The molecule has 1 aromatic carbocycles. The molecular weight excluding hydrogens is 306 g/mol. The second-order valence-corrected chi connectivity index (χ2v) is 5.79. The molecule has 1 heterocycles. The SMILES string of the molecule is CCC1COC(C)CN1c1ccc(C(=N)N)cc1Br. The smallest absolute Gasteiger partial charge is 0.122 e. The third kappa shape index (κ3) is 3.09. The number of nitrogens with two attached hydrogens (primary N) is 1. The highest BCUT2D eigenvalue weighted by atomic mass is 79.9. The summed E-state index contributed by atoms with van der Waals surface area (Å²) in [5, 5.41) is 7.48. The van der Waals surface area contributed by atoms with E-state index in [4.69, 9.17) is 15.9 Å². The number of amidine groups is 1. The number of rotatable bonds is 3. The predicted octanol–water partition coefficient (Wildman–Crippen LogP) is 2.74. The Morgan fingerprint density at radius 1 is 1.58 bits per heavy atom. The lowest BCUT2D eigenvalue weighted by Crippen LogP contribution is -2.48. The molecule has 0 bridgehead atoms. The Labute approximate surface area is 122 Å². The molecule has 1 aliphatic heterocycles. The molecule has 5 heteroatoms. The van der Waals surface area contributed by atoms with Gasteiger partial charge in [0.15, 0.2) is 0 Å². The average molecular weight is 326 g/mol. The topological polar surface area (TPSA) is 62.3 Å². The summed E-state index contributed by atoms with van der Waals surface area (Å²) < 4.78 is 6.70. The second kappa shape index (κ2) is 5.92. The normalized spacial score (nSPS) is 23.4. The molecule has 0 saturated carbocycles. The van der Waals surface area contributed by atoms with Crippen molar-refractivity contribution in [3.8, 4) is 0 Å². The van der Waals surface area contributed by atoms with E-state index < -0.39 is 0 Å². The van der Waals surface area contributed by atoms with Crippen LogP contribution < -0.4 is 10.6 Å². The molecule has 104 valence electrons. The molecule has 0 aliphatic carbocycles. The van der Waals surface area contributed by atoms with Crippen molar-refractivity contribution in [2.45, 2.75) is 32.4 Å². The first-order valence-electron chi connectivity index (χ1n) is 6.55. The number of hydrogen-bond donors (Lipinski definition) is 2. The monoisotopic (exact) mass is 325 g/mol. The van der Waals surface area contributed by atoms with Crippen LogP contribution in [0.2, 0.25) is 0 Å². The third-order valence-electron chi connectivity index (χ3n) is 3.51. The van der Waals surface area contributed by atoms with Crippen molar-refractivity contribution in [1.82, 2.24) is 0 Å². The van der Waals surface area contributed by atoms with E-state index in [1.807, 2.05) is 18.2 Å². The molecule has 2 rings (SSSR count). The van der Waals surface area contributed by atoms with E-state index in [1.54, 1.807) is 0 Å². The van der Waals surface area contributed by atoms with Gasteiger partial charge in [0.2, 0.25) is 0 Å². The summed E-state index contributed by atoms with van der Waals surface area (Å²) >= 11 is 3.59. The van der Waals surface area contributed by atoms with Gasteiger partial charge in [-0.25, -0.2) is 0 Å². The van der Waals surface area contributed by atoms with Crippen LogP contribution >= 0.6 is 15.9 Å². The van der Waals surface area contributed by atoms with Gasteiger partial charge in [0.25, 0.3) is 0 Å². The Balaban J connectivity index is 2.31. The van der Waals surface area contributed by atoms with Crippen LogP contribution in [-0.2, 0) is 4.74 Å². The van der Waals surface area contributed by atoms with Crippen molar-refractivity contribution in [3.63, 3.8) is 0 Å². The summed E-state index contributed by atoms with van der Waals surface area (Å²) in [6.45, 7) is 5.92. The number of anilines is 1. The Bertz CT molecular complexity index is 478. The Kier molecular flexibility index (Phi) is 4.47. The fraction of sp³-hybridized carbons (Fsp3) is 0.500. The van der Waals surface area contributed by atoms with Crippen LogP contribution in [0.4, 0.5) is 5.69 Å². The summed E-state index contributed by atoms with van der Waals surface area (Å²) in [5.74, 6) is 0.0923. The highest BCUT2D eigenvalue weighted by Crippen LogP contribution is 2.31. The molecule has 3 N–H and O–H groups in total. The van der Waals surface area contributed by atoms with Crippen molar-refractivity contribution >= 4 is 27.5 Å². The minimum absolute atomic E-state index is 0.0923. The molecule has 0 spiro atoms. The van der Waals surface area contributed by atoms with Gasteiger partial charge in [0, 0.05) is 16.6 Å². The molecule has 0 aromatic heterocycles. The van der Waals surface area contributed by atoms with Crippen molar-refractivity contribution < 1.29 is 4.74 Å². The minimum Gasteiger partial charge on any atom is -0.384 e. The van der Waals surface area contributed by atoms with Gasteiger partial charge in [-0.1, -0.05) is 6.92 Å². The lowest BCUT2D eigenvalue weighted by atomic mass is 10.1.